The van der Waals surface area contributed by atoms with Crippen LogP contribution in [0, 0.1) is 6.92 Å². The molecule has 0 spiro atoms. The lowest BCUT2D eigenvalue weighted by atomic mass is 10.1. The van der Waals surface area contributed by atoms with Crippen molar-refractivity contribution in [3.63, 3.8) is 0 Å². The van der Waals surface area contributed by atoms with Gasteiger partial charge in [-0.1, -0.05) is 0 Å². The van der Waals surface area contributed by atoms with Crippen LogP contribution in [0.25, 0.3) is 0 Å². The molecule has 1 saturated heterocycles. The zero-order valence-electron chi connectivity index (χ0n) is 8.73. The Hall–Kier alpha value is -0.930. The summed E-state index contributed by atoms with van der Waals surface area (Å²) in [6.45, 7) is 5.11. The molecule has 3 nitrogen and oxygen atoms in total. The number of aryl methyl sites for hydroxylation is 1. The molecule has 0 unspecified atom stereocenters. The number of likely N-dealkylation sites (tertiary alicyclic amines) is 1. The van der Waals surface area contributed by atoms with E-state index in [1.165, 1.54) is 5.56 Å². The van der Waals surface area contributed by atoms with E-state index in [2.05, 4.69) is 22.9 Å². The molecule has 0 saturated carbocycles. The Morgan fingerprint density at radius 2 is 2.36 bits per heavy atom. The summed E-state index contributed by atoms with van der Waals surface area (Å²) < 4.78 is 5.22. The van der Waals surface area contributed by atoms with Crippen molar-refractivity contribution in [2.75, 3.05) is 20.2 Å². The van der Waals surface area contributed by atoms with Gasteiger partial charge in [0.05, 0.1) is 11.8 Å². The van der Waals surface area contributed by atoms with E-state index in [1.54, 1.807) is 7.11 Å². The molecular weight excluding hydrogens is 176 g/mol. The van der Waals surface area contributed by atoms with Crippen molar-refractivity contribution in [2.45, 2.75) is 19.6 Å². The first-order chi connectivity index (χ1) is 6.78. The first kappa shape index (κ1) is 9.62. The molecule has 1 fully saturated rings. The van der Waals surface area contributed by atoms with E-state index in [0.717, 1.165) is 25.3 Å². The summed E-state index contributed by atoms with van der Waals surface area (Å²) in [5.74, 6) is 0. The molecule has 0 N–H and O–H groups in total. The maximum Gasteiger partial charge on any atom is 0.0825 e. The number of ether oxygens (including phenoxy) is 1. The van der Waals surface area contributed by atoms with Crippen molar-refractivity contribution in [2.24, 2.45) is 0 Å². The third-order valence-corrected chi connectivity index (χ3v) is 2.61. The smallest absolute Gasteiger partial charge is 0.0825 e. The van der Waals surface area contributed by atoms with Gasteiger partial charge in [0.1, 0.15) is 0 Å². The Kier molecular flexibility index (Phi) is 2.79. The van der Waals surface area contributed by atoms with Gasteiger partial charge in [0.2, 0.25) is 0 Å². The molecule has 1 aliphatic heterocycles. The van der Waals surface area contributed by atoms with Gasteiger partial charge in [-0.25, -0.2) is 0 Å². The molecule has 0 atom stereocenters. The van der Waals surface area contributed by atoms with E-state index in [4.69, 9.17) is 4.74 Å². The lowest BCUT2D eigenvalue weighted by Gasteiger charge is -2.37. The average Bonchev–Trinajstić information content (AvgIpc) is 2.10. The molecule has 0 amide bonds. The van der Waals surface area contributed by atoms with E-state index >= 15 is 0 Å². The van der Waals surface area contributed by atoms with E-state index in [1.807, 2.05) is 12.3 Å². The lowest BCUT2D eigenvalue weighted by molar-refractivity contribution is -0.0339. The quantitative estimate of drug-likeness (QED) is 0.720. The highest BCUT2D eigenvalue weighted by Gasteiger charge is 2.26. The van der Waals surface area contributed by atoms with Crippen molar-refractivity contribution in [3.8, 4) is 0 Å². The fourth-order valence-electron chi connectivity index (χ4n) is 1.71. The average molecular weight is 192 g/mol. The minimum Gasteiger partial charge on any atom is -0.379 e. The topological polar surface area (TPSA) is 25.4 Å². The summed E-state index contributed by atoms with van der Waals surface area (Å²) in [6.07, 6.45) is 2.30. The van der Waals surface area contributed by atoms with Crippen LogP contribution in [-0.2, 0) is 11.3 Å². The number of aromatic nitrogens is 1. The number of methoxy groups -OCH3 is 1. The largest absolute Gasteiger partial charge is 0.379 e. The van der Waals surface area contributed by atoms with E-state index in [9.17, 15) is 0 Å². The Labute approximate surface area is 84.7 Å². The summed E-state index contributed by atoms with van der Waals surface area (Å²) >= 11 is 0. The van der Waals surface area contributed by atoms with Gasteiger partial charge in [-0.3, -0.25) is 9.88 Å². The fraction of sp³-hybridized carbons (Fsp3) is 0.545. The SMILES string of the molecule is COC1CN(Cc2cc(C)ccn2)C1. The van der Waals surface area contributed by atoms with Crippen molar-refractivity contribution in [1.82, 2.24) is 9.88 Å². The third kappa shape index (κ3) is 2.11. The number of pyridine rings is 1. The van der Waals surface area contributed by atoms with Gasteiger partial charge in [-0.15, -0.1) is 0 Å². The second-order valence-corrected chi connectivity index (χ2v) is 3.88. The number of hydrogen-bond donors (Lipinski definition) is 0. The minimum absolute atomic E-state index is 0.430. The summed E-state index contributed by atoms with van der Waals surface area (Å²) in [5, 5.41) is 0. The molecule has 14 heavy (non-hydrogen) atoms. The molecule has 0 bridgehead atoms. The highest BCUT2D eigenvalue weighted by Crippen LogP contribution is 2.14. The molecule has 0 radical (unpaired) electrons. The van der Waals surface area contributed by atoms with E-state index < -0.39 is 0 Å². The Balaban J connectivity index is 1.87. The highest BCUT2D eigenvalue weighted by atomic mass is 16.5. The predicted octanol–water partition coefficient (Wildman–Crippen LogP) is 1.22. The number of hydrogen-bond acceptors (Lipinski definition) is 3. The molecule has 1 aromatic rings. The van der Waals surface area contributed by atoms with Crippen LogP contribution in [0.4, 0.5) is 0 Å². The Bertz CT molecular complexity index is 308. The fourth-order valence-corrected chi connectivity index (χ4v) is 1.71. The number of rotatable bonds is 3. The predicted molar refractivity (Wildman–Crippen MR) is 55.0 cm³/mol. The zero-order chi connectivity index (χ0) is 9.97. The molecule has 2 heterocycles. The van der Waals surface area contributed by atoms with Crippen LogP contribution in [0.3, 0.4) is 0 Å². The van der Waals surface area contributed by atoms with E-state index in [0.29, 0.717) is 6.10 Å². The third-order valence-electron chi connectivity index (χ3n) is 2.61. The Morgan fingerprint density at radius 1 is 1.57 bits per heavy atom. The van der Waals surface area contributed by atoms with Crippen molar-refractivity contribution in [3.05, 3.63) is 29.6 Å². The van der Waals surface area contributed by atoms with Crippen LogP contribution >= 0.6 is 0 Å². The van der Waals surface area contributed by atoms with Crippen molar-refractivity contribution in [1.29, 1.82) is 0 Å². The zero-order valence-corrected chi connectivity index (χ0v) is 8.73. The maximum atomic E-state index is 5.22. The monoisotopic (exact) mass is 192 g/mol. The van der Waals surface area contributed by atoms with Crippen LogP contribution in [0.15, 0.2) is 18.3 Å². The van der Waals surface area contributed by atoms with Crippen LogP contribution in [0.1, 0.15) is 11.3 Å². The van der Waals surface area contributed by atoms with Crippen LogP contribution in [0.5, 0.6) is 0 Å². The highest BCUT2D eigenvalue weighted by molar-refractivity contribution is 5.14. The summed E-state index contributed by atoms with van der Waals surface area (Å²) in [7, 11) is 1.77. The normalized spacial score (nSPS) is 18.1. The van der Waals surface area contributed by atoms with Crippen molar-refractivity contribution < 1.29 is 4.74 Å². The lowest BCUT2D eigenvalue weighted by Crippen LogP contribution is -2.51. The van der Waals surface area contributed by atoms with Gasteiger partial charge in [-0.2, -0.15) is 0 Å². The second-order valence-electron chi connectivity index (χ2n) is 3.88. The van der Waals surface area contributed by atoms with Gasteiger partial charge in [0.25, 0.3) is 0 Å². The molecular formula is C11H16N2O. The van der Waals surface area contributed by atoms with Crippen LogP contribution < -0.4 is 0 Å². The number of nitrogens with zero attached hydrogens (tertiary/aromatic N) is 2. The van der Waals surface area contributed by atoms with Gasteiger partial charge in [0.15, 0.2) is 0 Å². The van der Waals surface area contributed by atoms with Crippen molar-refractivity contribution >= 4 is 0 Å². The van der Waals surface area contributed by atoms with E-state index in [-0.39, 0.29) is 0 Å². The molecule has 1 aliphatic rings. The first-order valence-corrected chi connectivity index (χ1v) is 4.94. The van der Waals surface area contributed by atoms with Gasteiger partial charge in [0, 0.05) is 32.9 Å². The standard InChI is InChI=1S/C11H16N2O/c1-9-3-4-12-10(5-9)6-13-7-11(8-13)14-2/h3-5,11H,6-8H2,1-2H3. The molecule has 3 heteroatoms. The molecule has 1 aromatic heterocycles. The molecule has 0 aliphatic carbocycles. The van der Waals surface area contributed by atoms with Gasteiger partial charge in [-0.05, 0) is 24.6 Å². The molecule has 2 rings (SSSR count). The first-order valence-electron chi connectivity index (χ1n) is 4.94. The van der Waals surface area contributed by atoms with Crippen LogP contribution in [-0.4, -0.2) is 36.2 Å². The second kappa shape index (κ2) is 4.07. The minimum atomic E-state index is 0.430. The summed E-state index contributed by atoms with van der Waals surface area (Å²) in [6, 6.07) is 4.16. The summed E-state index contributed by atoms with van der Waals surface area (Å²) in [5.41, 5.74) is 2.43. The summed E-state index contributed by atoms with van der Waals surface area (Å²) in [4.78, 5) is 6.67. The Morgan fingerprint density at radius 3 is 3.00 bits per heavy atom. The van der Waals surface area contributed by atoms with Crippen LogP contribution in [0.2, 0.25) is 0 Å². The molecule has 0 aromatic carbocycles. The van der Waals surface area contributed by atoms with Gasteiger partial charge >= 0.3 is 0 Å². The maximum absolute atomic E-state index is 5.22. The molecule has 76 valence electrons. The van der Waals surface area contributed by atoms with Gasteiger partial charge < -0.3 is 4.74 Å².